The summed E-state index contributed by atoms with van der Waals surface area (Å²) >= 11 is 3.47. The number of hydrogen-bond donors (Lipinski definition) is 1. The van der Waals surface area contributed by atoms with Crippen molar-refractivity contribution in [3.63, 3.8) is 0 Å². The van der Waals surface area contributed by atoms with Crippen molar-refractivity contribution >= 4 is 15.9 Å². The molecule has 0 aliphatic carbocycles. The molecular weight excluding hydrogens is 264 g/mol. The van der Waals surface area contributed by atoms with Crippen LogP contribution in [0.2, 0.25) is 0 Å². The van der Waals surface area contributed by atoms with Crippen molar-refractivity contribution in [3.8, 4) is 0 Å². The SMILES string of the molecule is CC1NCCN(Cc2ccc(Br)cc2)C1C. The Balaban J connectivity index is 2.00. The van der Waals surface area contributed by atoms with E-state index in [4.69, 9.17) is 0 Å². The Labute approximate surface area is 106 Å². The smallest absolute Gasteiger partial charge is 0.0237 e. The molecule has 1 aromatic rings. The van der Waals surface area contributed by atoms with Gasteiger partial charge in [0.25, 0.3) is 0 Å². The summed E-state index contributed by atoms with van der Waals surface area (Å²) in [6.45, 7) is 7.86. The summed E-state index contributed by atoms with van der Waals surface area (Å²) < 4.78 is 1.15. The maximum absolute atomic E-state index is 3.51. The monoisotopic (exact) mass is 282 g/mol. The summed E-state index contributed by atoms with van der Waals surface area (Å²) in [6.07, 6.45) is 0. The van der Waals surface area contributed by atoms with Crippen LogP contribution in [0.3, 0.4) is 0 Å². The summed E-state index contributed by atoms with van der Waals surface area (Å²) in [7, 11) is 0. The third-order valence-electron chi connectivity index (χ3n) is 3.46. The van der Waals surface area contributed by atoms with Crippen LogP contribution in [0.5, 0.6) is 0 Å². The quantitative estimate of drug-likeness (QED) is 0.897. The van der Waals surface area contributed by atoms with Gasteiger partial charge in [-0.3, -0.25) is 4.90 Å². The first-order chi connectivity index (χ1) is 7.66. The Morgan fingerprint density at radius 3 is 2.69 bits per heavy atom. The second-order valence-corrected chi connectivity index (χ2v) is 5.50. The summed E-state index contributed by atoms with van der Waals surface area (Å²) in [5, 5.41) is 3.51. The second kappa shape index (κ2) is 5.30. The van der Waals surface area contributed by atoms with Crippen LogP contribution in [0.4, 0.5) is 0 Å². The number of rotatable bonds is 2. The lowest BCUT2D eigenvalue weighted by molar-refractivity contribution is 0.131. The maximum Gasteiger partial charge on any atom is 0.0237 e. The molecule has 0 aromatic heterocycles. The number of hydrogen-bond acceptors (Lipinski definition) is 2. The van der Waals surface area contributed by atoms with Crippen molar-refractivity contribution < 1.29 is 0 Å². The summed E-state index contributed by atoms with van der Waals surface area (Å²) in [5.41, 5.74) is 1.39. The average Bonchev–Trinajstić information content (AvgIpc) is 2.28. The first-order valence-corrected chi connectivity index (χ1v) is 6.68. The van der Waals surface area contributed by atoms with Gasteiger partial charge in [0, 0.05) is 36.2 Å². The van der Waals surface area contributed by atoms with Crippen molar-refractivity contribution in [1.29, 1.82) is 0 Å². The fourth-order valence-corrected chi connectivity index (χ4v) is 2.44. The molecule has 2 nitrogen and oxygen atoms in total. The summed E-state index contributed by atoms with van der Waals surface area (Å²) in [5.74, 6) is 0. The number of nitrogens with zero attached hydrogens (tertiary/aromatic N) is 1. The van der Waals surface area contributed by atoms with Crippen molar-refractivity contribution in [2.24, 2.45) is 0 Å². The molecule has 1 aromatic carbocycles. The topological polar surface area (TPSA) is 15.3 Å². The van der Waals surface area contributed by atoms with Crippen LogP contribution in [0.15, 0.2) is 28.7 Å². The lowest BCUT2D eigenvalue weighted by atomic mass is 10.1. The van der Waals surface area contributed by atoms with Crippen LogP contribution in [0.1, 0.15) is 19.4 Å². The molecule has 1 aliphatic heterocycles. The molecule has 1 N–H and O–H groups in total. The average molecular weight is 283 g/mol. The van der Waals surface area contributed by atoms with E-state index < -0.39 is 0 Å². The van der Waals surface area contributed by atoms with Crippen LogP contribution in [-0.2, 0) is 6.54 Å². The maximum atomic E-state index is 3.51. The number of halogens is 1. The molecule has 0 spiro atoms. The lowest BCUT2D eigenvalue weighted by Crippen LogP contribution is -2.54. The highest BCUT2D eigenvalue weighted by molar-refractivity contribution is 9.10. The van der Waals surface area contributed by atoms with Gasteiger partial charge in [-0.15, -0.1) is 0 Å². The molecule has 1 saturated heterocycles. The van der Waals surface area contributed by atoms with Gasteiger partial charge in [0.05, 0.1) is 0 Å². The molecule has 2 atom stereocenters. The van der Waals surface area contributed by atoms with Gasteiger partial charge in [-0.1, -0.05) is 28.1 Å². The van der Waals surface area contributed by atoms with Crippen molar-refractivity contribution in [3.05, 3.63) is 34.3 Å². The lowest BCUT2D eigenvalue weighted by Gasteiger charge is -2.38. The second-order valence-electron chi connectivity index (χ2n) is 4.58. The van der Waals surface area contributed by atoms with E-state index in [2.05, 4.69) is 64.3 Å². The molecule has 3 heteroatoms. The van der Waals surface area contributed by atoms with E-state index in [1.165, 1.54) is 5.56 Å². The molecule has 0 amide bonds. The third kappa shape index (κ3) is 2.84. The van der Waals surface area contributed by atoms with Gasteiger partial charge in [0.1, 0.15) is 0 Å². The van der Waals surface area contributed by atoms with Crippen LogP contribution in [0.25, 0.3) is 0 Å². The van der Waals surface area contributed by atoms with Gasteiger partial charge in [-0.2, -0.15) is 0 Å². The molecule has 0 radical (unpaired) electrons. The fourth-order valence-electron chi connectivity index (χ4n) is 2.17. The first-order valence-electron chi connectivity index (χ1n) is 5.88. The minimum atomic E-state index is 0.587. The largest absolute Gasteiger partial charge is 0.311 e. The van der Waals surface area contributed by atoms with E-state index in [1.807, 2.05) is 0 Å². The Morgan fingerprint density at radius 1 is 1.31 bits per heavy atom. The molecule has 16 heavy (non-hydrogen) atoms. The zero-order valence-corrected chi connectivity index (χ0v) is 11.5. The molecule has 88 valence electrons. The fraction of sp³-hybridized carbons (Fsp3) is 0.538. The van der Waals surface area contributed by atoms with E-state index >= 15 is 0 Å². The predicted molar refractivity (Wildman–Crippen MR) is 71.5 cm³/mol. The predicted octanol–water partition coefficient (Wildman–Crippen LogP) is 2.63. The van der Waals surface area contributed by atoms with Gasteiger partial charge in [-0.25, -0.2) is 0 Å². The Kier molecular flexibility index (Phi) is 4.00. The van der Waals surface area contributed by atoms with Crippen LogP contribution >= 0.6 is 15.9 Å². The Hall–Kier alpha value is -0.380. The number of piperazine rings is 1. The Morgan fingerprint density at radius 2 is 2.00 bits per heavy atom. The third-order valence-corrected chi connectivity index (χ3v) is 3.99. The van der Waals surface area contributed by atoms with Gasteiger partial charge >= 0.3 is 0 Å². The van der Waals surface area contributed by atoms with Gasteiger partial charge in [0.15, 0.2) is 0 Å². The number of nitrogens with one attached hydrogen (secondary N) is 1. The Bertz CT molecular complexity index is 336. The highest BCUT2D eigenvalue weighted by Crippen LogP contribution is 2.16. The normalized spacial score (nSPS) is 26.9. The van der Waals surface area contributed by atoms with E-state index in [-0.39, 0.29) is 0 Å². The molecule has 2 unspecified atom stereocenters. The van der Waals surface area contributed by atoms with Crippen molar-refractivity contribution in [1.82, 2.24) is 10.2 Å². The zero-order valence-electron chi connectivity index (χ0n) is 9.91. The molecule has 1 aliphatic rings. The minimum Gasteiger partial charge on any atom is -0.311 e. The van der Waals surface area contributed by atoms with E-state index in [9.17, 15) is 0 Å². The molecule has 2 rings (SSSR count). The van der Waals surface area contributed by atoms with Gasteiger partial charge in [-0.05, 0) is 31.5 Å². The van der Waals surface area contributed by atoms with E-state index in [0.717, 1.165) is 24.1 Å². The molecule has 0 saturated carbocycles. The highest BCUT2D eigenvalue weighted by atomic mass is 79.9. The van der Waals surface area contributed by atoms with Crippen molar-refractivity contribution in [2.45, 2.75) is 32.5 Å². The van der Waals surface area contributed by atoms with Gasteiger partial charge < -0.3 is 5.32 Å². The van der Waals surface area contributed by atoms with Crippen LogP contribution in [-0.4, -0.2) is 30.1 Å². The highest BCUT2D eigenvalue weighted by Gasteiger charge is 2.23. The first kappa shape index (κ1) is 12.1. The summed E-state index contributed by atoms with van der Waals surface area (Å²) in [6, 6.07) is 9.83. The van der Waals surface area contributed by atoms with Crippen molar-refractivity contribution in [2.75, 3.05) is 13.1 Å². The van der Waals surface area contributed by atoms with Gasteiger partial charge in [0.2, 0.25) is 0 Å². The number of benzene rings is 1. The molecule has 1 fully saturated rings. The molecule has 0 bridgehead atoms. The van der Waals surface area contributed by atoms with E-state index in [0.29, 0.717) is 12.1 Å². The zero-order chi connectivity index (χ0) is 11.5. The molecular formula is C13H19BrN2. The molecule has 1 heterocycles. The van der Waals surface area contributed by atoms with Crippen LogP contribution < -0.4 is 5.32 Å². The standard InChI is InChI=1S/C13H19BrN2/c1-10-11(2)16(8-7-15-10)9-12-3-5-13(14)6-4-12/h3-6,10-11,15H,7-9H2,1-2H3. The summed E-state index contributed by atoms with van der Waals surface area (Å²) in [4.78, 5) is 2.55. The van der Waals surface area contributed by atoms with E-state index in [1.54, 1.807) is 0 Å². The minimum absolute atomic E-state index is 0.587. The van der Waals surface area contributed by atoms with Crippen LogP contribution in [0, 0.1) is 0 Å².